The summed E-state index contributed by atoms with van der Waals surface area (Å²) in [5.74, 6) is 1.10. The molecule has 4 aromatic carbocycles. The largest absolute Gasteiger partial charge is 0.506 e. The second kappa shape index (κ2) is 21.3. The normalized spacial score (nSPS) is 17.9. The van der Waals surface area contributed by atoms with Crippen molar-refractivity contribution in [2.75, 3.05) is 64.3 Å². The molecule has 7 rings (SSSR count). The van der Waals surface area contributed by atoms with Gasteiger partial charge in [-0.3, -0.25) is 14.9 Å². The third-order valence-electron chi connectivity index (χ3n) is 12.0. The van der Waals surface area contributed by atoms with Crippen molar-refractivity contribution in [2.24, 2.45) is 11.8 Å². The summed E-state index contributed by atoms with van der Waals surface area (Å²) in [6.07, 6.45) is 3.45. The van der Waals surface area contributed by atoms with E-state index in [2.05, 4.69) is 44.8 Å². The molecule has 1 aliphatic carbocycles. The van der Waals surface area contributed by atoms with Crippen LogP contribution in [0.2, 0.25) is 0 Å². The molecule has 12 heteroatoms. The molecule has 1 saturated carbocycles. The van der Waals surface area contributed by atoms with Gasteiger partial charge in [0.2, 0.25) is 11.5 Å². The van der Waals surface area contributed by atoms with Crippen LogP contribution in [0.1, 0.15) is 55.4 Å². The van der Waals surface area contributed by atoms with Gasteiger partial charge in [-0.2, -0.15) is 0 Å². The number of aromatic hydroxyl groups is 1. The van der Waals surface area contributed by atoms with Gasteiger partial charge in [0.15, 0.2) is 0 Å². The molecule has 2 unspecified atom stereocenters. The van der Waals surface area contributed by atoms with Crippen LogP contribution >= 0.6 is 0 Å². The third kappa shape index (κ3) is 11.9. The minimum atomic E-state index is -0.861. The molecule has 2 fully saturated rings. The number of aliphatic hydroxyl groups is 1. The predicted molar refractivity (Wildman–Crippen MR) is 239 cm³/mol. The zero-order valence-corrected chi connectivity index (χ0v) is 35.1. The lowest BCUT2D eigenvalue weighted by Gasteiger charge is -2.23. The van der Waals surface area contributed by atoms with Crippen LogP contribution in [0, 0.1) is 11.8 Å². The van der Waals surface area contributed by atoms with Gasteiger partial charge in [-0.15, -0.1) is 0 Å². The number of benzene rings is 4. The number of carbonyl (C=O) groups excluding carboxylic acids is 2. The standard InChI is InChI=1S/C49H59N5O7/c1-2-24-54(26-23-50-31-45(56)41-16-18-44(55)48-42(41)17-19-46(57)52-48)47(58)22-28-60-27-21-35-14-12-34(13-15-35)20-25-53-32-37-29-39(30-38(37)33-53)61-49(59)51-43-11-7-6-10-40(43)36-8-4-3-5-9-36/h3-19,37-39,45,50,55-56H,2,20-33H2,1H3,(H,51,59)(H,52,57)/t37?,38?,39?,45-/m0/s1. The molecule has 0 spiro atoms. The number of para-hydroxylation sites is 1. The first-order valence-electron chi connectivity index (χ1n) is 21.8. The number of aromatic amines is 1. The summed E-state index contributed by atoms with van der Waals surface area (Å²) < 4.78 is 11.8. The highest BCUT2D eigenvalue weighted by Gasteiger charge is 2.42. The Hall–Kier alpha value is -5.53. The second-order valence-corrected chi connectivity index (χ2v) is 16.4. The van der Waals surface area contributed by atoms with Crippen molar-refractivity contribution in [1.82, 2.24) is 20.1 Å². The van der Waals surface area contributed by atoms with Gasteiger partial charge in [0.05, 0.1) is 36.9 Å². The Morgan fingerprint density at radius 1 is 0.869 bits per heavy atom. The lowest BCUT2D eigenvalue weighted by Crippen LogP contribution is -2.38. The van der Waals surface area contributed by atoms with E-state index in [1.165, 1.54) is 23.3 Å². The van der Waals surface area contributed by atoms with Crippen molar-refractivity contribution in [3.05, 3.63) is 130 Å². The quantitative estimate of drug-likeness (QED) is 0.0526. The molecule has 2 heterocycles. The molecule has 5 N–H and O–H groups in total. The molecule has 2 amide bonds. The number of hydrogen-bond donors (Lipinski definition) is 5. The number of nitrogens with one attached hydrogen (secondary N) is 3. The van der Waals surface area contributed by atoms with Crippen molar-refractivity contribution in [3.8, 4) is 16.9 Å². The van der Waals surface area contributed by atoms with E-state index >= 15 is 0 Å². The predicted octanol–water partition coefficient (Wildman–Crippen LogP) is 6.91. The maximum Gasteiger partial charge on any atom is 0.411 e. The number of aliphatic hydroxyl groups excluding tert-OH is 1. The number of likely N-dealkylation sites (tertiary alicyclic amines) is 1. The van der Waals surface area contributed by atoms with E-state index in [0.717, 1.165) is 68.6 Å². The average molecular weight is 830 g/mol. The molecule has 2 aliphatic rings. The number of anilines is 1. The van der Waals surface area contributed by atoms with Crippen molar-refractivity contribution < 1.29 is 29.3 Å². The number of amides is 2. The molecule has 1 saturated heterocycles. The molecule has 0 bridgehead atoms. The third-order valence-corrected chi connectivity index (χ3v) is 12.0. The molecule has 3 atom stereocenters. The van der Waals surface area contributed by atoms with Gasteiger partial charge in [0.1, 0.15) is 11.9 Å². The van der Waals surface area contributed by atoms with Gasteiger partial charge in [-0.05, 0) is 84.4 Å². The lowest BCUT2D eigenvalue weighted by molar-refractivity contribution is -0.132. The summed E-state index contributed by atoms with van der Waals surface area (Å²) in [6.45, 7) is 7.97. The molecular weight excluding hydrogens is 771 g/mol. The molecule has 0 radical (unpaired) electrons. The first kappa shape index (κ1) is 43.6. The van der Waals surface area contributed by atoms with Gasteiger partial charge >= 0.3 is 6.09 Å². The Morgan fingerprint density at radius 3 is 2.34 bits per heavy atom. The topological polar surface area (TPSA) is 156 Å². The Morgan fingerprint density at radius 2 is 1.59 bits per heavy atom. The minimum absolute atomic E-state index is 0.0425. The fourth-order valence-electron chi connectivity index (χ4n) is 8.89. The van der Waals surface area contributed by atoms with Crippen molar-refractivity contribution >= 4 is 28.6 Å². The van der Waals surface area contributed by atoms with Gasteiger partial charge in [0, 0.05) is 62.8 Å². The number of nitrogens with zero attached hydrogens (tertiary/aromatic N) is 2. The highest BCUT2D eigenvalue weighted by Crippen LogP contribution is 2.40. The Bertz CT molecular complexity index is 2250. The number of phenolic OH excluding ortho intramolecular Hbond substituents is 1. The molecule has 1 aliphatic heterocycles. The summed E-state index contributed by atoms with van der Waals surface area (Å²) in [6, 6.07) is 32.7. The van der Waals surface area contributed by atoms with Crippen LogP contribution in [0.15, 0.2) is 108 Å². The first-order chi connectivity index (χ1) is 29.7. The Balaban J connectivity index is 0.748. The SMILES string of the molecule is CCCN(CCNC[C@H](O)c1ccc(O)c2[nH]c(=O)ccc12)C(=O)CCOCCc1ccc(CCN2CC3CC(OC(=O)Nc4ccccc4-c4ccccc4)CC3C2)cc1. The van der Waals surface area contributed by atoms with Crippen LogP contribution in [0.3, 0.4) is 0 Å². The van der Waals surface area contributed by atoms with Crippen LogP contribution in [0.4, 0.5) is 10.5 Å². The van der Waals surface area contributed by atoms with Crippen molar-refractivity contribution in [3.63, 3.8) is 0 Å². The number of ether oxygens (including phenoxy) is 2. The second-order valence-electron chi connectivity index (χ2n) is 16.4. The number of phenols is 1. The molecule has 61 heavy (non-hydrogen) atoms. The lowest BCUT2D eigenvalue weighted by atomic mass is 10.0. The van der Waals surface area contributed by atoms with E-state index < -0.39 is 6.10 Å². The van der Waals surface area contributed by atoms with Crippen LogP contribution in [-0.2, 0) is 27.1 Å². The number of hydrogen-bond acceptors (Lipinski definition) is 9. The zero-order valence-electron chi connectivity index (χ0n) is 35.1. The van der Waals surface area contributed by atoms with Crippen molar-refractivity contribution in [1.29, 1.82) is 0 Å². The van der Waals surface area contributed by atoms with E-state index in [1.54, 1.807) is 12.1 Å². The summed E-state index contributed by atoms with van der Waals surface area (Å²) in [7, 11) is 0. The maximum absolute atomic E-state index is 13.0. The molecule has 322 valence electrons. The van der Waals surface area contributed by atoms with E-state index in [-0.39, 0.29) is 36.0 Å². The highest BCUT2D eigenvalue weighted by atomic mass is 16.6. The first-order valence-corrected chi connectivity index (χ1v) is 21.8. The zero-order chi connectivity index (χ0) is 42.6. The van der Waals surface area contributed by atoms with Gasteiger partial charge < -0.3 is 39.8 Å². The maximum atomic E-state index is 13.0. The number of rotatable bonds is 20. The van der Waals surface area contributed by atoms with E-state index in [9.17, 15) is 24.6 Å². The fraction of sp³-hybridized carbons (Fsp3) is 0.408. The summed E-state index contributed by atoms with van der Waals surface area (Å²) in [4.78, 5) is 44.7. The van der Waals surface area contributed by atoms with Gasteiger partial charge in [-0.1, -0.05) is 85.8 Å². The van der Waals surface area contributed by atoms with E-state index in [4.69, 9.17) is 9.47 Å². The van der Waals surface area contributed by atoms with Crippen LogP contribution in [0.5, 0.6) is 5.75 Å². The van der Waals surface area contributed by atoms with Crippen molar-refractivity contribution in [2.45, 2.75) is 57.7 Å². The Kier molecular flexibility index (Phi) is 15.2. The monoisotopic (exact) mass is 829 g/mol. The number of carbonyl (C=O) groups is 2. The highest BCUT2D eigenvalue weighted by molar-refractivity contribution is 5.91. The van der Waals surface area contributed by atoms with Crippen LogP contribution < -0.4 is 16.2 Å². The fourth-order valence-corrected chi connectivity index (χ4v) is 8.89. The van der Waals surface area contributed by atoms with Gasteiger partial charge in [-0.25, -0.2) is 4.79 Å². The number of fused-ring (bicyclic) bond motifs is 2. The minimum Gasteiger partial charge on any atom is -0.506 e. The van der Waals surface area contributed by atoms with E-state index in [0.29, 0.717) is 67.6 Å². The Labute approximate surface area is 357 Å². The van der Waals surface area contributed by atoms with Crippen LogP contribution in [0.25, 0.3) is 22.0 Å². The van der Waals surface area contributed by atoms with Gasteiger partial charge in [0.25, 0.3) is 0 Å². The molecule has 12 nitrogen and oxygen atoms in total. The molecule has 5 aromatic rings. The summed E-state index contributed by atoms with van der Waals surface area (Å²) in [5.41, 5.74) is 5.87. The average Bonchev–Trinajstić information content (AvgIpc) is 3.83. The summed E-state index contributed by atoms with van der Waals surface area (Å²) in [5, 5.41) is 27.8. The molecule has 1 aromatic heterocycles. The summed E-state index contributed by atoms with van der Waals surface area (Å²) >= 11 is 0. The number of pyridine rings is 1. The van der Waals surface area contributed by atoms with E-state index in [1.807, 2.05) is 66.4 Å². The smallest absolute Gasteiger partial charge is 0.411 e. The number of aromatic nitrogens is 1. The van der Waals surface area contributed by atoms with Crippen LogP contribution in [-0.4, -0.2) is 102 Å². The number of H-pyrrole nitrogens is 1. The molecular formula is C49H59N5O7.